The third-order valence-corrected chi connectivity index (χ3v) is 12.4. The average molecular weight is 733 g/mol. The van der Waals surface area contributed by atoms with Crippen molar-refractivity contribution >= 4 is 0 Å². The van der Waals surface area contributed by atoms with Gasteiger partial charge in [-0.3, -0.25) is 0 Å². The van der Waals surface area contributed by atoms with E-state index in [4.69, 9.17) is 0 Å². The van der Waals surface area contributed by atoms with Crippen LogP contribution in [0.25, 0.3) is 0 Å². The fourth-order valence-electron chi connectivity index (χ4n) is 8.39. The summed E-state index contributed by atoms with van der Waals surface area (Å²) in [6.45, 7) is 23.9. The Morgan fingerprint density at radius 1 is 0.250 bits per heavy atom. The van der Waals surface area contributed by atoms with E-state index in [1.54, 1.807) is 0 Å². The van der Waals surface area contributed by atoms with E-state index < -0.39 is 0 Å². The van der Waals surface area contributed by atoms with E-state index in [9.17, 15) is 0 Å². The maximum absolute atomic E-state index is 2.50. The predicted octanol–water partition coefficient (Wildman–Crippen LogP) is 19.9. The Morgan fingerprint density at radius 2 is 0.538 bits per heavy atom. The zero-order valence-corrected chi connectivity index (χ0v) is 38.9. The van der Waals surface area contributed by atoms with E-state index in [-0.39, 0.29) is 0 Å². The van der Waals surface area contributed by atoms with E-state index in [0.29, 0.717) is 0 Å². The van der Waals surface area contributed by atoms with Crippen molar-refractivity contribution in [1.29, 1.82) is 0 Å². The first-order valence-electron chi connectivity index (χ1n) is 25.2. The second-order valence-corrected chi connectivity index (χ2v) is 19.4. The van der Waals surface area contributed by atoms with Gasteiger partial charge in [0.25, 0.3) is 0 Å². The van der Waals surface area contributed by atoms with Crippen molar-refractivity contribution in [2.45, 2.75) is 300 Å². The average Bonchev–Trinajstić information content (AvgIpc) is 3.11. The molecule has 0 radical (unpaired) electrons. The van der Waals surface area contributed by atoms with Crippen LogP contribution < -0.4 is 0 Å². The molecule has 0 amide bonds. The molecule has 0 aliphatic heterocycles. The van der Waals surface area contributed by atoms with Crippen molar-refractivity contribution in [2.75, 3.05) is 0 Å². The molecule has 0 saturated heterocycles. The molecule has 316 valence electrons. The van der Waals surface area contributed by atoms with Crippen LogP contribution in [0.15, 0.2) is 0 Å². The molecule has 0 fully saturated rings. The molecule has 0 N–H and O–H groups in total. The number of unbranched alkanes of at least 4 members (excludes halogenated alkanes) is 22. The molecular weight excluding hydrogens is 625 g/mol. The Kier molecular flexibility index (Phi) is 45.5. The molecule has 4 atom stereocenters. The largest absolute Gasteiger partial charge is 0.0654 e. The second-order valence-electron chi connectivity index (χ2n) is 19.4. The van der Waals surface area contributed by atoms with Gasteiger partial charge in [-0.1, -0.05) is 294 Å². The first kappa shape index (κ1) is 54.1. The van der Waals surface area contributed by atoms with Crippen molar-refractivity contribution in [3.05, 3.63) is 0 Å². The highest BCUT2D eigenvalue weighted by Crippen LogP contribution is 2.26. The number of rotatable bonds is 40. The summed E-state index contributed by atoms with van der Waals surface area (Å²) in [4.78, 5) is 0. The van der Waals surface area contributed by atoms with Gasteiger partial charge in [0.2, 0.25) is 0 Å². The summed E-state index contributed by atoms with van der Waals surface area (Å²) < 4.78 is 0. The summed E-state index contributed by atoms with van der Waals surface area (Å²) in [5, 5.41) is 0. The molecule has 0 nitrogen and oxygen atoms in total. The highest BCUT2D eigenvalue weighted by molar-refractivity contribution is 4.65. The molecule has 0 heterocycles. The van der Waals surface area contributed by atoms with Crippen LogP contribution in [0.3, 0.4) is 0 Å². The summed E-state index contributed by atoms with van der Waals surface area (Å²) in [5.74, 6) is 5.59. The van der Waals surface area contributed by atoms with E-state index in [1.807, 2.05) is 0 Å². The van der Waals surface area contributed by atoms with E-state index in [0.717, 1.165) is 35.5 Å². The van der Waals surface area contributed by atoms with Gasteiger partial charge in [-0.2, -0.15) is 0 Å². The summed E-state index contributed by atoms with van der Waals surface area (Å²) in [5.41, 5.74) is 0. The molecule has 0 aliphatic rings. The van der Waals surface area contributed by atoms with E-state index >= 15 is 0 Å². The Bertz CT molecular complexity index is 618. The van der Waals surface area contributed by atoms with E-state index in [1.165, 1.54) is 231 Å². The lowest BCUT2D eigenvalue weighted by atomic mass is 9.86. The molecular formula is C52H108. The normalized spacial score (nSPS) is 14.1. The maximum Gasteiger partial charge on any atom is -0.0414 e. The SMILES string of the molecule is CCCCCCCCCCCCCCC(C)CC(CC)CCCC(C)C.CCCCCCCCCCCCCCC(C)CCC(C)CCCC(C)C. The Labute approximate surface area is 334 Å². The molecule has 0 aromatic rings. The van der Waals surface area contributed by atoms with Gasteiger partial charge in [-0.25, -0.2) is 0 Å². The monoisotopic (exact) mass is 733 g/mol. The van der Waals surface area contributed by atoms with Crippen LogP contribution in [0.4, 0.5) is 0 Å². The Hall–Kier alpha value is 0. The molecule has 0 spiro atoms. The fourth-order valence-corrected chi connectivity index (χ4v) is 8.39. The van der Waals surface area contributed by atoms with Crippen LogP contribution in [0.1, 0.15) is 300 Å². The Morgan fingerprint density at radius 3 is 0.865 bits per heavy atom. The molecule has 0 heteroatoms. The van der Waals surface area contributed by atoms with Crippen molar-refractivity contribution < 1.29 is 0 Å². The van der Waals surface area contributed by atoms with Crippen LogP contribution in [0.5, 0.6) is 0 Å². The second kappa shape index (κ2) is 43.7. The van der Waals surface area contributed by atoms with Gasteiger partial charge in [0.05, 0.1) is 0 Å². The van der Waals surface area contributed by atoms with Crippen molar-refractivity contribution in [3.8, 4) is 0 Å². The van der Waals surface area contributed by atoms with Crippen molar-refractivity contribution in [1.82, 2.24) is 0 Å². The lowest BCUT2D eigenvalue weighted by Gasteiger charge is -2.20. The number of hydrogen-bond donors (Lipinski definition) is 0. The molecule has 0 aliphatic carbocycles. The first-order valence-corrected chi connectivity index (χ1v) is 25.2. The van der Waals surface area contributed by atoms with Crippen LogP contribution in [0, 0.1) is 35.5 Å². The van der Waals surface area contributed by atoms with E-state index in [2.05, 4.69) is 69.2 Å². The number of hydrogen-bond acceptors (Lipinski definition) is 0. The van der Waals surface area contributed by atoms with Crippen LogP contribution >= 0.6 is 0 Å². The third kappa shape index (κ3) is 46.2. The van der Waals surface area contributed by atoms with Gasteiger partial charge in [0.15, 0.2) is 0 Å². The predicted molar refractivity (Wildman–Crippen MR) is 244 cm³/mol. The quantitative estimate of drug-likeness (QED) is 0.0550. The highest BCUT2D eigenvalue weighted by Gasteiger charge is 2.12. The molecule has 0 bridgehead atoms. The summed E-state index contributed by atoms with van der Waals surface area (Å²) in [7, 11) is 0. The summed E-state index contributed by atoms with van der Waals surface area (Å²) in [6.07, 6.45) is 52.5. The lowest BCUT2D eigenvalue weighted by Crippen LogP contribution is -2.06. The Balaban J connectivity index is 0. The van der Waals surface area contributed by atoms with Crippen LogP contribution in [-0.4, -0.2) is 0 Å². The van der Waals surface area contributed by atoms with Gasteiger partial charge in [0.1, 0.15) is 0 Å². The fraction of sp³-hybridized carbons (Fsp3) is 1.00. The first-order chi connectivity index (χ1) is 25.2. The molecule has 4 unspecified atom stereocenters. The zero-order valence-electron chi connectivity index (χ0n) is 38.9. The van der Waals surface area contributed by atoms with Gasteiger partial charge in [-0.05, 0) is 41.9 Å². The standard InChI is InChI=1S/2C26H54/c1-6-7-8-9-10-11-12-13-14-15-16-17-20-25(4)22-23-26(5)21-18-19-24(2)3;1-6-8-9-10-11-12-13-14-15-16-17-18-21-25(5)23-26(7-2)22-19-20-24(3)4/h2*24-26H,6-23H2,1-5H3. The molecule has 0 aromatic carbocycles. The van der Waals surface area contributed by atoms with Gasteiger partial charge in [-0.15, -0.1) is 0 Å². The van der Waals surface area contributed by atoms with Crippen LogP contribution in [0.2, 0.25) is 0 Å². The summed E-state index contributed by atoms with van der Waals surface area (Å²) in [6, 6.07) is 0. The molecule has 0 rings (SSSR count). The zero-order chi connectivity index (χ0) is 38.9. The van der Waals surface area contributed by atoms with Crippen molar-refractivity contribution in [3.63, 3.8) is 0 Å². The minimum absolute atomic E-state index is 0.881. The van der Waals surface area contributed by atoms with Crippen LogP contribution in [-0.2, 0) is 0 Å². The maximum atomic E-state index is 2.50. The smallest absolute Gasteiger partial charge is 0.0414 e. The van der Waals surface area contributed by atoms with Gasteiger partial charge < -0.3 is 0 Å². The third-order valence-electron chi connectivity index (χ3n) is 12.4. The molecule has 52 heavy (non-hydrogen) atoms. The topological polar surface area (TPSA) is 0 Å². The summed E-state index contributed by atoms with van der Waals surface area (Å²) >= 11 is 0. The van der Waals surface area contributed by atoms with Gasteiger partial charge in [0, 0.05) is 0 Å². The minimum atomic E-state index is 0.881. The van der Waals surface area contributed by atoms with Gasteiger partial charge >= 0.3 is 0 Å². The molecule has 0 aromatic heterocycles. The highest BCUT2D eigenvalue weighted by atomic mass is 14.2. The molecule has 0 saturated carbocycles. The van der Waals surface area contributed by atoms with Crippen molar-refractivity contribution in [2.24, 2.45) is 35.5 Å². The lowest BCUT2D eigenvalue weighted by molar-refractivity contribution is 0.325. The minimum Gasteiger partial charge on any atom is -0.0654 e.